The highest BCUT2D eigenvalue weighted by Gasteiger charge is 2.39. The Kier molecular flexibility index (Phi) is 11.0. The molecule has 4 amide bonds. The number of fused-ring (bicyclic) bond motifs is 1. The highest BCUT2D eigenvalue weighted by atomic mass is 16.5. The SMILES string of the molecule is NC(=O)C1CC(C(=O)NCCOCCO)CC(C(=O)NC(Cc2ccccc2)C(=O)Nc2ccc3ncccc3c2)C1. The molecule has 11 nitrogen and oxygen atoms in total. The molecular weight excluding hydrogens is 538 g/mol. The number of anilines is 1. The number of rotatable bonds is 13. The third-order valence-electron chi connectivity index (χ3n) is 7.42. The first-order valence-corrected chi connectivity index (χ1v) is 14.1. The van der Waals surface area contributed by atoms with E-state index in [0.29, 0.717) is 5.69 Å². The number of primary amides is 1. The summed E-state index contributed by atoms with van der Waals surface area (Å²) < 4.78 is 5.17. The molecule has 2 aromatic carbocycles. The summed E-state index contributed by atoms with van der Waals surface area (Å²) in [6.45, 7) is 0.515. The van der Waals surface area contributed by atoms with E-state index in [1.165, 1.54) is 0 Å². The summed E-state index contributed by atoms with van der Waals surface area (Å²) in [5, 5.41) is 18.2. The summed E-state index contributed by atoms with van der Waals surface area (Å²) in [4.78, 5) is 56.4. The molecule has 3 aromatic rings. The summed E-state index contributed by atoms with van der Waals surface area (Å²) in [5.74, 6) is -3.60. The van der Waals surface area contributed by atoms with Crippen LogP contribution in [0.4, 0.5) is 5.69 Å². The number of nitrogens with one attached hydrogen (secondary N) is 3. The first kappa shape index (κ1) is 30.6. The average Bonchev–Trinajstić information content (AvgIpc) is 3.00. The van der Waals surface area contributed by atoms with Crippen LogP contribution in [0, 0.1) is 17.8 Å². The van der Waals surface area contributed by atoms with Gasteiger partial charge in [-0.3, -0.25) is 24.2 Å². The molecule has 1 heterocycles. The van der Waals surface area contributed by atoms with E-state index in [4.69, 9.17) is 15.6 Å². The number of amides is 4. The van der Waals surface area contributed by atoms with Crippen LogP contribution in [0.15, 0.2) is 66.9 Å². The van der Waals surface area contributed by atoms with Gasteiger partial charge >= 0.3 is 0 Å². The zero-order valence-corrected chi connectivity index (χ0v) is 23.3. The third-order valence-corrected chi connectivity index (χ3v) is 7.42. The van der Waals surface area contributed by atoms with Crippen LogP contribution in [-0.4, -0.2) is 66.1 Å². The smallest absolute Gasteiger partial charge is 0.247 e. The maximum absolute atomic E-state index is 13.6. The number of benzene rings is 2. The van der Waals surface area contributed by atoms with Crippen molar-refractivity contribution >= 4 is 40.2 Å². The lowest BCUT2D eigenvalue weighted by Crippen LogP contribution is -2.50. The van der Waals surface area contributed by atoms with Gasteiger partial charge in [0.25, 0.3) is 0 Å². The number of carbonyl (C=O) groups is 4. The van der Waals surface area contributed by atoms with E-state index in [0.717, 1.165) is 16.5 Å². The van der Waals surface area contributed by atoms with Gasteiger partial charge in [0.05, 0.1) is 25.3 Å². The van der Waals surface area contributed by atoms with Gasteiger partial charge in [-0.15, -0.1) is 0 Å². The summed E-state index contributed by atoms with van der Waals surface area (Å²) in [6.07, 6.45) is 2.60. The quantitative estimate of drug-likeness (QED) is 0.192. The molecule has 0 aliphatic heterocycles. The molecule has 6 N–H and O–H groups in total. The van der Waals surface area contributed by atoms with Gasteiger partial charge in [0.2, 0.25) is 23.6 Å². The highest BCUT2D eigenvalue weighted by molar-refractivity contribution is 5.99. The predicted octanol–water partition coefficient (Wildman–Crippen LogP) is 1.54. The molecule has 222 valence electrons. The van der Waals surface area contributed by atoms with Crippen LogP contribution < -0.4 is 21.7 Å². The van der Waals surface area contributed by atoms with E-state index in [1.807, 2.05) is 54.6 Å². The van der Waals surface area contributed by atoms with E-state index >= 15 is 0 Å². The highest BCUT2D eigenvalue weighted by Crippen LogP contribution is 2.34. The van der Waals surface area contributed by atoms with Crippen LogP contribution in [0.25, 0.3) is 10.9 Å². The fraction of sp³-hybridized carbons (Fsp3) is 0.387. The number of nitrogens with zero attached hydrogens (tertiary/aromatic N) is 1. The van der Waals surface area contributed by atoms with Gasteiger partial charge in [-0.2, -0.15) is 0 Å². The molecule has 1 aliphatic rings. The van der Waals surface area contributed by atoms with E-state index in [2.05, 4.69) is 20.9 Å². The molecule has 0 saturated heterocycles. The van der Waals surface area contributed by atoms with E-state index in [9.17, 15) is 19.2 Å². The lowest BCUT2D eigenvalue weighted by atomic mass is 9.74. The summed E-state index contributed by atoms with van der Waals surface area (Å²) in [6, 6.07) is 17.5. The Hall–Kier alpha value is -4.35. The lowest BCUT2D eigenvalue weighted by molar-refractivity contribution is -0.135. The second-order valence-electron chi connectivity index (χ2n) is 10.5. The molecule has 4 atom stereocenters. The molecule has 1 aliphatic carbocycles. The second-order valence-corrected chi connectivity index (χ2v) is 10.5. The van der Waals surface area contributed by atoms with Crippen LogP contribution in [0.2, 0.25) is 0 Å². The van der Waals surface area contributed by atoms with Gasteiger partial charge in [-0.25, -0.2) is 0 Å². The molecule has 1 saturated carbocycles. The van der Waals surface area contributed by atoms with Crippen molar-refractivity contribution in [3.8, 4) is 0 Å². The largest absolute Gasteiger partial charge is 0.394 e. The molecule has 1 fully saturated rings. The van der Waals surface area contributed by atoms with Crippen molar-refractivity contribution in [2.45, 2.75) is 31.7 Å². The van der Waals surface area contributed by atoms with Crippen molar-refractivity contribution in [2.75, 3.05) is 31.7 Å². The first-order valence-electron chi connectivity index (χ1n) is 14.1. The van der Waals surface area contributed by atoms with E-state index < -0.39 is 41.5 Å². The minimum Gasteiger partial charge on any atom is -0.394 e. The average molecular weight is 576 g/mol. The number of nitrogens with two attached hydrogens (primary N) is 1. The van der Waals surface area contributed by atoms with Crippen molar-refractivity contribution in [3.05, 3.63) is 72.4 Å². The zero-order valence-electron chi connectivity index (χ0n) is 23.3. The molecular formula is C31H37N5O6. The van der Waals surface area contributed by atoms with Crippen molar-refractivity contribution in [2.24, 2.45) is 23.5 Å². The van der Waals surface area contributed by atoms with E-state index in [1.54, 1.807) is 12.3 Å². The molecule has 11 heteroatoms. The van der Waals surface area contributed by atoms with E-state index in [-0.39, 0.29) is 58.0 Å². The second kappa shape index (κ2) is 15.0. The maximum Gasteiger partial charge on any atom is 0.247 e. The molecule has 42 heavy (non-hydrogen) atoms. The van der Waals surface area contributed by atoms with Crippen molar-refractivity contribution < 1.29 is 29.0 Å². The topological polar surface area (TPSA) is 173 Å². The Balaban J connectivity index is 1.46. The fourth-order valence-electron chi connectivity index (χ4n) is 5.27. The fourth-order valence-corrected chi connectivity index (χ4v) is 5.27. The normalized spacial score (nSPS) is 19.0. The third kappa shape index (κ3) is 8.58. The van der Waals surface area contributed by atoms with Crippen LogP contribution in [0.5, 0.6) is 0 Å². The summed E-state index contributed by atoms with van der Waals surface area (Å²) in [7, 11) is 0. The first-order chi connectivity index (χ1) is 20.3. The number of aromatic nitrogens is 1. The number of carbonyl (C=O) groups excluding carboxylic acids is 4. The number of ether oxygens (including phenoxy) is 1. The van der Waals surface area contributed by atoms with Crippen LogP contribution in [0.1, 0.15) is 24.8 Å². The summed E-state index contributed by atoms with van der Waals surface area (Å²) >= 11 is 0. The number of hydrogen-bond donors (Lipinski definition) is 5. The number of pyridine rings is 1. The molecule has 0 radical (unpaired) electrons. The van der Waals surface area contributed by atoms with Gasteiger partial charge in [-0.05, 0) is 49.1 Å². The zero-order chi connectivity index (χ0) is 29.9. The van der Waals surface area contributed by atoms with Gasteiger partial charge in [-0.1, -0.05) is 36.4 Å². The van der Waals surface area contributed by atoms with Gasteiger partial charge in [0.1, 0.15) is 6.04 Å². The Morgan fingerprint density at radius 3 is 2.40 bits per heavy atom. The maximum atomic E-state index is 13.6. The van der Waals surface area contributed by atoms with Gasteiger partial charge in [0, 0.05) is 48.0 Å². The number of hydrogen-bond acceptors (Lipinski definition) is 7. The van der Waals surface area contributed by atoms with Crippen LogP contribution in [0.3, 0.4) is 0 Å². The monoisotopic (exact) mass is 575 g/mol. The Labute approximate surface area is 244 Å². The van der Waals surface area contributed by atoms with Crippen molar-refractivity contribution in [1.29, 1.82) is 0 Å². The minimum absolute atomic E-state index is 0.114. The Bertz CT molecular complexity index is 1380. The molecule has 4 rings (SSSR count). The van der Waals surface area contributed by atoms with Gasteiger partial charge in [0.15, 0.2) is 0 Å². The van der Waals surface area contributed by atoms with Crippen molar-refractivity contribution in [3.63, 3.8) is 0 Å². The summed E-state index contributed by atoms with van der Waals surface area (Å²) in [5.41, 5.74) is 7.83. The lowest BCUT2D eigenvalue weighted by Gasteiger charge is -2.33. The predicted molar refractivity (Wildman–Crippen MR) is 157 cm³/mol. The number of aliphatic hydroxyl groups is 1. The standard InChI is InChI=1S/C31H37N5O6/c32-28(38)22-16-23(29(39)34-11-13-42-14-12-37)18-24(17-22)30(40)36-27(15-20-5-2-1-3-6-20)31(41)35-25-8-9-26-21(19-25)7-4-10-33-26/h1-10,19,22-24,27,37H,11-18H2,(H2,32,38)(H,34,39)(H,35,41)(H,36,40). The molecule has 1 aromatic heterocycles. The van der Waals surface area contributed by atoms with Gasteiger partial charge < -0.3 is 31.5 Å². The number of aliphatic hydroxyl groups excluding tert-OH is 1. The van der Waals surface area contributed by atoms with Crippen LogP contribution >= 0.6 is 0 Å². The van der Waals surface area contributed by atoms with Crippen LogP contribution in [-0.2, 0) is 30.3 Å². The van der Waals surface area contributed by atoms with Crippen molar-refractivity contribution in [1.82, 2.24) is 15.6 Å². The molecule has 0 spiro atoms. The Morgan fingerprint density at radius 2 is 1.67 bits per heavy atom. The molecule has 0 bridgehead atoms. The minimum atomic E-state index is -0.908. The Morgan fingerprint density at radius 1 is 0.929 bits per heavy atom. The molecule has 4 unspecified atom stereocenters.